The Hall–Kier alpha value is -2.43. The van der Waals surface area contributed by atoms with Crippen LogP contribution in [0.25, 0.3) is 0 Å². The number of amides is 1. The number of hydrogen-bond acceptors (Lipinski definition) is 3. The van der Waals surface area contributed by atoms with Gasteiger partial charge in [0.2, 0.25) is 0 Å². The lowest BCUT2D eigenvalue weighted by molar-refractivity contribution is -0.0166. The second-order valence-corrected chi connectivity index (χ2v) is 10.9. The lowest BCUT2D eigenvalue weighted by atomic mass is 9.53. The van der Waals surface area contributed by atoms with Crippen LogP contribution in [0.5, 0.6) is 0 Å². The van der Waals surface area contributed by atoms with Crippen molar-refractivity contribution in [1.29, 1.82) is 0 Å². The van der Waals surface area contributed by atoms with Gasteiger partial charge in [-0.05, 0) is 75.7 Å². The molecule has 0 unspecified atom stereocenters. The van der Waals surface area contributed by atoms with E-state index in [0.717, 1.165) is 54.7 Å². The second kappa shape index (κ2) is 6.29. The first kappa shape index (κ1) is 18.3. The Bertz CT molecular complexity index is 997. The van der Waals surface area contributed by atoms with E-state index in [2.05, 4.69) is 36.4 Å². The highest BCUT2D eigenvalue weighted by atomic mass is 16.1. The highest BCUT2D eigenvalue weighted by Crippen LogP contribution is 2.55. The second-order valence-electron chi connectivity index (χ2n) is 10.9. The van der Waals surface area contributed by atoms with Crippen molar-refractivity contribution in [2.45, 2.75) is 69.9 Å². The van der Waals surface area contributed by atoms with Gasteiger partial charge in [-0.3, -0.25) is 4.79 Å². The average molecular weight is 403 g/mol. The number of carbonyl (C=O) groups is 1. The number of aromatic nitrogens is 2. The maximum atomic E-state index is 13.5. The van der Waals surface area contributed by atoms with E-state index in [1.807, 2.05) is 22.9 Å². The van der Waals surface area contributed by atoms with Crippen LogP contribution < -0.4 is 5.32 Å². The van der Waals surface area contributed by atoms with Crippen LogP contribution in [0.15, 0.2) is 41.5 Å². The van der Waals surface area contributed by atoms with E-state index < -0.39 is 0 Å². The summed E-state index contributed by atoms with van der Waals surface area (Å²) in [6, 6.07) is 10.3. The summed E-state index contributed by atoms with van der Waals surface area (Å²) in [4.78, 5) is 18.4. The predicted molar refractivity (Wildman–Crippen MR) is 117 cm³/mol. The molecule has 156 valence electrons. The molecule has 5 nitrogen and oxygen atoms in total. The van der Waals surface area contributed by atoms with Crippen molar-refractivity contribution in [2.24, 2.45) is 22.7 Å². The van der Waals surface area contributed by atoms with E-state index in [9.17, 15) is 4.79 Å². The molecule has 1 aliphatic heterocycles. The molecule has 1 amide bonds. The van der Waals surface area contributed by atoms with Crippen LogP contribution in [0, 0.1) is 17.8 Å². The molecule has 0 radical (unpaired) electrons. The number of rotatable bonds is 3. The Labute approximate surface area is 178 Å². The van der Waals surface area contributed by atoms with Crippen LogP contribution in [0.3, 0.4) is 0 Å². The summed E-state index contributed by atoms with van der Waals surface area (Å²) in [5, 5.41) is 8.10. The Balaban J connectivity index is 1.34. The molecule has 5 heteroatoms. The highest BCUT2D eigenvalue weighted by molar-refractivity contribution is 6.06. The number of hydrogen-bond donors (Lipinski definition) is 1. The first-order valence-corrected chi connectivity index (χ1v) is 11.4. The van der Waals surface area contributed by atoms with Crippen molar-refractivity contribution in [1.82, 2.24) is 15.1 Å². The van der Waals surface area contributed by atoms with Gasteiger partial charge in [0.25, 0.3) is 5.91 Å². The molecular formula is C25H30N4O. The van der Waals surface area contributed by atoms with Crippen LogP contribution in [0.2, 0.25) is 0 Å². The molecule has 0 atom stereocenters. The van der Waals surface area contributed by atoms with Crippen LogP contribution >= 0.6 is 0 Å². The molecule has 1 N–H and O–H groups in total. The zero-order chi connectivity index (χ0) is 20.5. The summed E-state index contributed by atoms with van der Waals surface area (Å²) in [6.45, 7) is 4.34. The lowest BCUT2D eigenvalue weighted by Crippen LogP contribution is -2.59. The molecule has 2 aromatic rings. The lowest BCUT2D eigenvalue weighted by Gasteiger charge is -2.56. The molecule has 7 rings (SSSR count). The van der Waals surface area contributed by atoms with Gasteiger partial charge in [0.05, 0.1) is 17.4 Å². The third-order valence-electron chi connectivity index (χ3n) is 7.93. The van der Waals surface area contributed by atoms with Gasteiger partial charge in [-0.2, -0.15) is 5.10 Å². The van der Waals surface area contributed by atoms with Gasteiger partial charge >= 0.3 is 0 Å². The van der Waals surface area contributed by atoms with Crippen molar-refractivity contribution in [2.75, 3.05) is 0 Å². The van der Waals surface area contributed by atoms with Crippen LogP contribution in [-0.2, 0) is 5.54 Å². The van der Waals surface area contributed by atoms with Crippen molar-refractivity contribution >= 4 is 17.4 Å². The average Bonchev–Trinajstić information content (AvgIpc) is 3.12. The molecule has 4 bridgehead atoms. The topological polar surface area (TPSA) is 59.3 Å². The SMILES string of the molecule is CC1(C)CC(c2ccccc2)=Nc2c(C(=O)NC34CC5CC(CC(C5)C3)C4)cnn21. The normalized spacial score (nSPS) is 33.1. The van der Waals surface area contributed by atoms with Crippen LogP contribution in [-0.4, -0.2) is 26.9 Å². The summed E-state index contributed by atoms with van der Waals surface area (Å²) in [5.41, 5.74) is 2.54. The number of carbonyl (C=O) groups excluding carboxylic acids is 1. The van der Waals surface area contributed by atoms with Crippen molar-refractivity contribution in [3.63, 3.8) is 0 Å². The monoisotopic (exact) mass is 402 g/mol. The Morgan fingerprint density at radius 3 is 2.30 bits per heavy atom. The van der Waals surface area contributed by atoms with Gasteiger partial charge < -0.3 is 5.32 Å². The molecule has 1 aromatic heterocycles. The van der Waals surface area contributed by atoms with Gasteiger partial charge in [-0.25, -0.2) is 9.67 Å². The maximum absolute atomic E-state index is 13.5. The molecule has 1 aromatic carbocycles. The molecule has 4 saturated carbocycles. The highest BCUT2D eigenvalue weighted by Gasteiger charge is 2.51. The van der Waals surface area contributed by atoms with Crippen molar-refractivity contribution in [3.8, 4) is 0 Å². The molecule has 4 fully saturated rings. The molecule has 4 aliphatic carbocycles. The number of benzene rings is 1. The van der Waals surface area contributed by atoms with E-state index >= 15 is 0 Å². The maximum Gasteiger partial charge on any atom is 0.257 e. The summed E-state index contributed by atoms with van der Waals surface area (Å²) < 4.78 is 1.94. The first-order chi connectivity index (χ1) is 14.4. The molecule has 5 aliphatic rings. The summed E-state index contributed by atoms with van der Waals surface area (Å²) in [5.74, 6) is 3.12. The molecule has 0 spiro atoms. The zero-order valence-corrected chi connectivity index (χ0v) is 17.9. The van der Waals surface area contributed by atoms with E-state index in [1.165, 1.54) is 19.3 Å². The summed E-state index contributed by atoms with van der Waals surface area (Å²) in [7, 11) is 0. The minimum atomic E-state index is -0.221. The van der Waals surface area contributed by atoms with Gasteiger partial charge in [-0.15, -0.1) is 0 Å². The first-order valence-electron chi connectivity index (χ1n) is 11.4. The molecule has 30 heavy (non-hydrogen) atoms. The minimum Gasteiger partial charge on any atom is -0.346 e. The Morgan fingerprint density at radius 2 is 1.67 bits per heavy atom. The molecule has 0 saturated heterocycles. The van der Waals surface area contributed by atoms with E-state index in [0.29, 0.717) is 11.4 Å². The van der Waals surface area contributed by atoms with Gasteiger partial charge in [-0.1, -0.05) is 30.3 Å². The zero-order valence-electron chi connectivity index (χ0n) is 17.9. The third kappa shape index (κ3) is 2.85. The quantitative estimate of drug-likeness (QED) is 0.798. The number of nitrogens with zero attached hydrogens (tertiary/aromatic N) is 3. The molecular weight excluding hydrogens is 372 g/mol. The fourth-order valence-corrected chi connectivity index (χ4v) is 7.07. The summed E-state index contributed by atoms with van der Waals surface area (Å²) >= 11 is 0. The predicted octanol–water partition coefficient (Wildman–Crippen LogP) is 4.84. The minimum absolute atomic E-state index is 0.00316. The van der Waals surface area contributed by atoms with E-state index in [1.54, 1.807) is 6.20 Å². The Morgan fingerprint density at radius 1 is 1.03 bits per heavy atom. The standard InChI is InChI=1S/C25H30N4O/c1-24(2)14-21(19-6-4-3-5-7-19)27-22-20(15-26-29(22)24)23(30)28-25-11-16-8-17(12-25)10-18(9-16)13-25/h3-7,15-18H,8-14H2,1-2H3,(H,28,30). The summed E-state index contributed by atoms with van der Waals surface area (Å²) in [6.07, 6.45) is 10.1. The van der Waals surface area contributed by atoms with Gasteiger partial charge in [0.15, 0.2) is 5.82 Å². The Kier molecular flexibility index (Phi) is 3.84. The fraction of sp³-hybridized carbons (Fsp3) is 0.560. The van der Waals surface area contributed by atoms with Crippen LogP contribution in [0.4, 0.5) is 5.82 Å². The number of fused-ring (bicyclic) bond motifs is 1. The smallest absolute Gasteiger partial charge is 0.257 e. The third-order valence-corrected chi connectivity index (χ3v) is 7.93. The number of aliphatic imine (C=N–C) groups is 1. The van der Waals surface area contributed by atoms with E-state index in [4.69, 9.17) is 4.99 Å². The fourth-order valence-electron chi connectivity index (χ4n) is 7.07. The van der Waals surface area contributed by atoms with E-state index in [-0.39, 0.29) is 17.0 Å². The largest absolute Gasteiger partial charge is 0.346 e. The van der Waals surface area contributed by atoms with Crippen molar-refractivity contribution < 1.29 is 4.79 Å². The van der Waals surface area contributed by atoms with Gasteiger partial charge in [0.1, 0.15) is 5.56 Å². The van der Waals surface area contributed by atoms with Crippen LogP contribution in [0.1, 0.15) is 74.7 Å². The van der Waals surface area contributed by atoms with Gasteiger partial charge in [0, 0.05) is 12.0 Å². The molecule has 2 heterocycles. The number of nitrogens with one attached hydrogen (secondary N) is 1. The van der Waals surface area contributed by atoms with Crippen molar-refractivity contribution in [3.05, 3.63) is 47.7 Å².